The molecule has 0 atom stereocenters. The van der Waals surface area contributed by atoms with Crippen LogP contribution in [0, 0.1) is 41.7 Å². The van der Waals surface area contributed by atoms with Crippen LogP contribution in [0.2, 0.25) is 0 Å². The van der Waals surface area contributed by atoms with Crippen molar-refractivity contribution in [1.29, 1.82) is 5.26 Å². The second-order valence-electron chi connectivity index (χ2n) is 5.89. The van der Waals surface area contributed by atoms with Gasteiger partial charge < -0.3 is 5.73 Å². The zero-order valence-electron chi connectivity index (χ0n) is 15.3. The van der Waals surface area contributed by atoms with E-state index in [0.717, 1.165) is 18.2 Å². The monoisotopic (exact) mass is 426 g/mol. The van der Waals surface area contributed by atoms with E-state index in [-0.39, 0.29) is 27.7 Å². The number of rotatable bonds is 3. The summed E-state index contributed by atoms with van der Waals surface area (Å²) in [6.07, 6.45) is 3.76. The van der Waals surface area contributed by atoms with Crippen molar-refractivity contribution in [1.82, 2.24) is 15.0 Å². The van der Waals surface area contributed by atoms with Crippen molar-refractivity contribution in [3.05, 3.63) is 70.8 Å². The minimum absolute atomic E-state index is 0.0119. The first-order valence-electron chi connectivity index (χ1n) is 8.18. The van der Waals surface area contributed by atoms with E-state index in [4.69, 9.17) is 11.0 Å². The quantitative estimate of drug-likeness (QED) is 0.613. The fourth-order valence-electron chi connectivity index (χ4n) is 2.33. The van der Waals surface area contributed by atoms with E-state index in [1.165, 1.54) is 25.5 Å². The summed E-state index contributed by atoms with van der Waals surface area (Å²) in [5, 5.41) is 8.95. The van der Waals surface area contributed by atoms with Crippen LogP contribution in [0.4, 0.5) is 20.4 Å². The van der Waals surface area contributed by atoms with Crippen molar-refractivity contribution >= 4 is 21.7 Å². The summed E-state index contributed by atoms with van der Waals surface area (Å²) in [7, 11) is -4.31. The highest BCUT2D eigenvalue weighted by Crippen LogP contribution is 2.25. The fourth-order valence-corrected chi connectivity index (χ4v) is 3.61. The molecular formula is C19H12F2N6O2S. The van der Waals surface area contributed by atoms with Crippen LogP contribution in [0.1, 0.15) is 22.4 Å². The normalized spacial score (nSPS) is 10.6. The number of aryl methyl sites for hydroxylation is 1. The van der Waals surface area contributed by atoms with Gasteiger partial charge in [0, 0.05) is 18.6 Å². The zero-order chi connectivity index (χ0) is 21.9. The number of hydrogen-bond acceptors (Lipinski definition) is 7. The lowest BCUT2D eigenvalue weighted by molar-refractivity contribution is 0.577. The van der Waals surface area contributed by atoms with Crippen LogP contribution in [0.15, 0.2) is 41.7 Å². The highest BCUT2D eigenvalue weighted by molar-refractivity contribution is 7.92. The highest BCUT2D eigenvalue weighted by atomic mass is 32.2. The Morgan fingerprint density at radius 2 is 1.73 bits per heavy atom. The van der Waals surface area contributed by atoms with Crippen LogP contribution in [-0.2, 0) is 10.0 Å². The third-order valence-corrected chi connectivity index (χ3v) is 5.28. The van der Waals surface area contributed by atoms with Gasteiger partial charge in [-0.2, -0.15) is 5.26 Å². The number of nitrogens with two attached hydrogens (primary N) is 1. The maximum absolute atomic E-state index is 14.8. The predicted octanol–water partition coefficient (Wildman–Crippen LogP) is 2.11. The van der Waals surface area contributed by atoms with Crippen LogP contribution < -0.4 is 10.5 Å². The molecule has 3 N–H and O–H groups in total. The smallest absolute Gasteiger partial charge is 0.263 e. The molecule has 0 aliphatic heterocycles. The summed E-state index contributed by atoms with van der Waals surface area (Å²) >= 11 is 0. The number of benzene rings is 1. The fraction of sp³-hybridized carbons (Fsp3) is 0.0526. The molecule has 0 unspecified atom stereocenters. The van der Waals surface area contributed by atoms with Crippen molar-refractivity contribution in [3.8, 4) is 17.9 Å². The molecule has 1 aromatic carbocycles. The molecule has 0 saturated heterocycles. The Hall–Kier alpha value is -4.09. The second kappa shape index (κ2) is 8.11. The number of nitrogen functional groups attached to an aromatic ring is 1. The predicted molar refractivity (Wildman–Crippen MR) is 103 cm³/mol. The van der Waals surface area contributed by atoms with Gasteiger partial charge in [-0.3, -0.25) is 9.71 Å². The minimum atomic E-state index is -4.31. The summed E-state index contributed by atoms with van der Waals surface area (Å²) in [6, 6.07) is 4.69. The summed E-state index contributed by atoms with van der Waals surface area (Å²) < 4.78 is 56.3. The van der Waals surface area contributed by atoms with Gasteiger partial charge in [-0.05, 0) is 25.1 Å². The van der Waals surface area contributed by atoms with Gasteiger partial charge in [-0.1, -0.05) is 11.8 Å². The Bertz CT molecular complexity index is 1340. The van der Waals surface area contributed by atoms with Gasteiger partial charge in [0.25, 0.3) is 10.0 Å². The van der Waals surface area contributed by atoms with E-state index in [1.54, 1.807) is 6.07 Å². The molecule has 2 heterocycles. The lowest BCUT2D eigenvalue weighted by Crippen LogP contribution is -2.16. The molecule has 0 fully saturated rings. The third kappa shape index (κ3) is 4.32. The Morgan fingerprint density at radius 1 is 1.07 bits per heavy atom. The molecule has 30 heavy (non-hydrogen) atoms. The van der Waals surface area contributed by atoms with Crippen molar-refractivity contribution in [2.24, 2.45) is 0 Å². The zero-order valence-corrected chi connectivity index (χ0v) is 16.1. The van der Waals surface area contributed by atoms with E-state index in [0.29, 0.717) is 0 Å². The molecule has 0 saturated carbocycles. The molecule has 150 valence electrons. The van der Waals surface area contributed by atoms with Crippen LogP contribution in [-0.4, -0.2) is 23.4 Å². The standard InChI is InChI=1S/C19H12F2N6O2S/c1-11-17(6-13(7-22)10-24-11)30(28,29)27-16-5-4-15(20)14(18(16)21)3-2-12-8-25-19(23)26-9-12/h4-6,8-10,27H,1H3,(H2,23,25,26). The van der Waals surface area contributed by atoms with Crippen molar-refractivity contribution in [3.63, 3.8) is 0 Å². The molecule has 2 aromatic heterocycles. The summed E-state index contributed by atoms with van der Waals surface area (Å²) in [5.41, 5.74) is 4.57. The van der Waals surface area contributed by atoms with E-state index in [9.17, 15) is 17.2 Å². The average Bonchev–Trinajstić information content (AvgIpc) is 2.71. The number of hydrogen-bond donors (Lipinski definition) is 2. The van der Waals surface area contributed by atoms with E-state index in [2.05, 4.69) is 26.8 Å². The van der Waals surface area contributed by atoms with Crippen molar-refractivity contribution in [2.75, 3.05) is 10.5 Å². The van der Waals surface area contributed by atoms with Crippen LogP contribution >= 0.6 is 0 Å². The SMILES string of the molecule is Cc1ncc(C#N)cc1S(=O)(=O)Nc1ccc(F)c(C#Cc2cnc(N)nc2)c1F. The summed E-state index contributed by atoms with van der Waals surface area (Å²) in [6.45, 7) is 1.42. The molecule has 0 aliphatic carbocycles. The van der Waals surface area contributed by atoms with Gasteiger partial charge in [-0.15, -0.1) is 0 Å². The Balaban J connectivity index is 2.00. The number of nitrogens with zero attached hydrogens (tertiary/aromatic N) is 4. The first-order valence-corrected chi connectivity index (χ1v) is 9.66. The van der Waals surface area contributed by atoms with Crippen LogP contribution in [0.25, 0.3) is 0 Å². The van der Waals surface area contributed by atoms with E-state index >= 15 is 0 Å². The molecule has 3 rings (SSSR count). The lowest BCUT2D eigenvalue weighted by Gasteiger charge is -2.12. The minimum Gasteiger partial charge on any atom is -0.368 e. The number of sulfonamides is 1. The highest BCUT2D eigenvalue weighted by Gasteiger charge is 2.22. The van der Waals surface area contributed by atoms with Gasteiger partial charge in [-0.25, -0.2) is 27.2 Å². The number of nitrogens with one attached hydrogen (secondary N) is 1. The van der Waals surface area contributed by atoms with Crippen molar-refractivity contribution in [2.45, 2.75) is 11.8 Å². The number of pyridine rings is 1. The Morgan fingerprint density at radius 3 is 2.40 bits per heavy atom. The molecule has 0 spiro atoms. The maximum Gasteiger partial charge on any atom is 0.263 e. The van der Waals surface area contributed by atoms with Crippen LogP contribution in [0.5, 0.6) is 0 Å². The summed E-state index contributed by atoms with van der Waals surface area (Å²) in [4.78, 5) is 11.0. The third-order valence-electron chi connectivity index (χ3n) is 3.80. The number of nitriles is 1. The van der Waals surface area contributed by atoms with E-state index in [1.807, 2.05) is 4.72 Å². The van der Waals surface area contributed by atoms with Crippen LogP contribution in [0.3, 0.4) is 0 Å². The van der Waals surface area contributed by atoms with Gasteiger partial charge in [0.05, 0.1) is 28.1 Å². The molecule has 0 amide bonds. The molecule has 0 bridgehead atoms. The van der Waals surface area contributed by atoms with Gasteiger partial charge in [0.2, 0.25) is 5.95 Å². The first kappa shape index (κ1) is 20.6. The maximum atomic E-state index is 14.8. The number of anilines is 2. The Labute approximate surface area is 170 Å². The molecule has 3 aromatic rings. The first-order chi connectivity index (χ1) is 14.2. The number of aromatic nitrogens is 3. The lowest BCUT2D eigenvalue weighted by atomic mass is 10.1. The number of halogens is 2. The van der Waals surface area contributed by atoms with Gasteiger partial charge in [0.1, 0.15) is 16.8 Å². The second-order valence-corrected chi connectivity index (χ2v) is 7.54. The molecule has 8 nitrogen and oxygen atoms in total. The van der Waals surface area contributed by atoms with E-state index < -0.39 is 32.9 Å². The summed E-state index contributed by atoms with van der Waals surface area (Å²) in [5.74, 6) is 2.61. The molecule has 0 radical (unpaired) electrons. The molecule has 11 heteroatoms. The Kier molecular flexibility index (Phi) is 5.58. The molecular weight excluding hydrogens is 414 g/mol. The van der Waals surface area contributed by atoms with Crippen molar-refractivity contribution < 1.29 is 17.2 Å². The van der Waals surface area contributed by atoms with Gasteiger partial charge >= 0.3 is 0 Å². The van der Waals surface area contributed by atoms with Gasteiger partial charge in [0.15, 0.2) is 5.82 Å². The largest absolute Gasteiger partial charge is 0.368 e. The topological polar surface area (TPSA) is 135 Å². The molecule has 0 aliphatic rings. The average molecular weight is 426 g/mol.